The van der Waals surface area contributed by atoms with Gasteiger partial charge in [0.1, 0.15) is 0 Å². The Bertz CT molecular complexity index is 171. The maximum atomic E-state index is 3.91. The summed E-state index contributed by atoms with van der Waals surface area (Å²) in [6.07, 6.45) is 10.1. The summed E-state index contributed by atoms with van der Waals surface area (Å²) in [5.41, 5.74) is 0. The van der Waals surface area contributed by atoms with Crippen molar-refractivity contribution < 1.29 is 0 Å². The van der Waals surface area contributed by atoms with Crippen LogP contribution in [0.4, 0.5) is 0 Å². The molecule has 0 aromatic carbocycles. The summed E-state index contributed by atoms with van der Waals surface area (Å²) in [6, 6.07) is 1.64. The highest BCUT2D eigenvalue weighted by atomic mass is 32.2. The molecule has 0 bridgehead atoms. The molecule has 2 unspecified atom stereocenters. The molecule has 0 amide bonds. The summed E-state index contributed by atoms with van der Waals surface area (Å²) in [7, 11) is 0. The second kappa shape index (κ2) is 6.15. The normalized spacial score (nSPS) is 30.6. The third-order valence-corrected chi connectivity index (χ3v) is 5.20. The molecule has 1 saturated heterocycles. The van der Waals surface area contributed by atoms with Crippen molar-refractivity contribution in [1.29, 1.82) is 0 Å². The molecule has 1 N–H and O–H groups in total. The van der Waals surface area contributed by atoms with Crippen LogP contribution in [0.15, 0.2) is 0 Å². The van der Waals surface area contributed by atoms with E-state index in [0.29, 0.717) is 0 Å². The molecule has 2 heteroatoms. The Morgan fingerprint density at radius 2 is 2.00 bits per heavy atom. The lowest BCUT2D eigenvalue weighted by molar-refractivity contribution is 0.249. The van der Waals surface area contributed by atoms with Crippen molar-refractivity contribution in [2.45, 2.75) is 64.0 Å². The lowest BCUT2D eigenvalue weighted by Crippen LogP contribution is -2.43. The van der Waals surface area contributed by atoms with E-state index in [2.05, 4.69) is 24.0 Å². The Kier molecular flexibility index (Phi) is 4.83. The van der Waals surface area contributed by atoms with Crippen LogP contribution in [0.1, 0.15) is 51.9 Å². The first-order chi connectivity index (χ1) is 7.40. The van der Waals surface area contributed by atoms with Gasteiger partial charge in [0, 0.05) is 17.8 Å². The topological polar surface area (TPSA) is 12.0 Å². The maximum Gasteiger partial charge on any atom is 0.0168 e. The van der Waals surface area contributed by atoms with Gasteiger partial charge in [-0.2, -0.15) is 11.8 Å². The van der Waals surface area contributed by atoms with Crippen LogP contribution >= 0.6 is 11.8 Å². The van der Waals surface area contributed by atoms with Gasteiger partial charge >= 0.3 is 0 Å². The largest absolute Gasteiger partial charge is 0.310 e. The predicted octanol–water partition coefficient (Wildman–Crippen LogP) is 3.44. The molecule has 1 aliphatic heterocycles. The zero-order valence-electron chi connectivity index (χ0n) is 10.0. The fourth-order valence-corrected chi connectivity index (χ4v) is 4.26. The molecule has 1 aliphatic carbocycles. The van der Waals surface area contributed by atoms with E-state index in [9.17, 15) is 0 Å². The highest BCUT2D eigenvalue weighted by molar-refractivity contribution is 7.99. The lowest BCUT2D eigenvalue weighted by Gasteiger charge is -2.32. The molecule has 2 atom stereocenters. The minimum atomic E-state index is 0.814. The standard InChI is InChI=1S/C13H25NS/c1-2-13(11-6-4-3-5-7-11)14-12-8-9-15-10-12/h11-14H,2-10H2,1H3. The van der Waals surface area contributed by atoms with Crippen molar-refractivity contribution in [3.8, 4) is 0 Å². The Labute approximate surface area is 98.8 Å². The van der Waals surface area contributed by atoms with E-state index in [1.54, 1.807) is 0 Å². The third-order valence-electron chi connectivity index (χ3n) is 4.04. The monoisotopic (exact) mass is 227 g/mol. The van der Waals surface area contributed by atoms with Crippen molar-refractivity contribution in [2.75, 3.05) is 11.5 Å². The molecule has 1 heterocycles. The molecule has 88 valence electrons. The van der Waals surface area contributed by atoms with Crippen molar-refractivity contribution in [2.24, 2.45) is 5.92 Å². The zero-order valence-corrected chi connectivity index (χ0v) is 10.8. The number of nitrogens with one attached hydrogen (secondary N) is 1. The Morgan fingerprint density at radius 3 is 2.60 bits per heavy atom. The van der Waals surface area contributed by atoms with Gasteiger partial charge in [0.15, 0.2) is 0 Å². The van der Waals surface area contributed by atoms with Gasteiger partial charge in [-0.15, -0.1) is 0 Å². The average molecular weight is 227 g/mol. The molecule has 0 aromatic heterocycles. The smallest absolute Gasteiger partial charge is 0.0168 e. The van der Waals surface area contributed by atoms with Crippen LogP contribution in [0.3, 0.4) is 0 Å². The van der Waals surface area contributed by atoms with E-state index < -0.39 is 0 Å². The van der Waals surface area contributed by atoms with Gasteiger partial charge in [-0.1, -0.05) is 26.2 Å². The van der Waals surface area contributed by atoms with Gasteiger partial charge in [-0.3, -0.25) is 0 Å². The molecule has 0 aromatic rings. The van der Waals surface area contributed by atoms with Crippen LogP contribution in [0.25, 0.3) is 0 Å². The van der Waals surface area contributed by atoms with Gasteiger partial charge < -0.3 is 5.32 Å². The van der Waals surface area contributed by atoms with Crippen molar-refractivity contribution >= 4 is 11.8 Å². The summed E-state index contributed by atoms with van der Waals surface area (Å²) < 4.78 is 0. The van der Waals surface area contributed by atoms with Gasteiger partial charge in [0.05, 0.1) is 0 Å². The highest BCUT2D eigenvalue weighted by Crippen LogP contribution is 2.29. The fourth-order valence-electron chi connectivity index (χ4n) is 3.09. The number of hydrogen-bond acceptors (Lipinski definition) is 2. The van der Waals surface area contributed by atoms with E-state index in [4.69, 9.17) is 0 Å². The fraction of sp³-hybridized carbons (Fsp3) is 1.00. The van der Waals surface area contributed by atoms with E-state index >= 15 is 0 Å². The molecule has 15 heavy (non-hydrogen) atoms. The minimum absolute atomic E-state index is 0.814. The summed E-state index contributed by atoms with van der Waals surface area (Å²) in [5, 5.41) is 3.91. The predicted molar refractivity (Wildman–Crippen MR) is 69.5 cm³/mol. The van der Waals surface area contributed by atoms with Crippen LogP contribution in [0.2, 0.25) is 0 Å². The molecule has 0 radical (unpaired) electrons. The van der Waals surface area contributed by atoms with Crippen molar-refractivity contribution in [3.05, 3.63) is 0 Å². The highest BCUT2D eigenvalue weighted by Gasteiger charge is 2.25. The molecule has 2 aliphatic rings. The summed E-state index contributed by atoms with van der Waals surface area (Å²) >= 11 is 2.12. The van der Waals surface area contributed by atoms with E-state index in [1.165, 1.54) is 56.5 Å². The molecule has 1 nitrogen and oxygen atoms in total. The molecular formula is C13H25NS. The zero-order chi connectivity index (χ0) is 10.5. The van der Waals surface area contributed by atoms with Crippen LogP contribution in [0, 0.1) is 5.92 Å². The Morgan fingerprint density at radius 1 is 1.20 bits per heavy atom. The van der Waals surface area contributed by atoms with Crippen LogP contribution in [-0.4, -0.2) is 23.6 Å². The van der Waals surface area contributed by atoms with Crippen molar-refractivity contribution in [1.82, 2.24) is 5.32 Å². The molecule has 1 saturated carbocycles. The maximum absolute atomic E-state index is 3.91. The number of hydrogen-bond donors (Lipinski definition) is 1. The molecule has 0 spiro atoms. The Hall–Kier alpha value is 0.310. The average Bonchev–Trinajstić information content (AvgIpc) is 2.80. The van der Waals surface area contributed by atoms with Gasteiger partial charge in [-0.05, 0) is 37.4 Å². The van der Waals surface area contributed by atoms with Gasteiger partial charge in [-0.25, -0.2) is 0 Å². The summed E-state index contributed by atoms with van der Waals surface area (Å²) in [4.78, 5) is 0. The number of thioether (sulfide) groups is 1. The second-order valence-corrected chi connectivity index (χ2v) is 6.29. The first kappa shape index (κ1) is 11.8. The SMILES string of the molecule is CCC(NC1CCSC1)C1CCCCC1. The quantitative estimate of drug-likeness (QED) is 0.789. The van der Waals surface area contributed by atoms with E-state index in [0.717, 1.165) is 18.0 Å². The lowest BCUT2D eigenvalue weighted by atomic mass is 9.82. The third kappa shape index (κ3) is 3.39. The van der Waals surface area contributed by atoms with Gasteiger partial charge in [0.2, 0.25) is 0 Å². The molecule has 2 rings (SSSR count). The number of rotatable bonds is 4. The van der Waals surface area contributed by atoms with Crippen LogP contribution in [0.5, 0.6) is 0 Å². The first-order valence-corrected chi connectivity index (χ1v) is 7.89. The summed E-state index contributed by atoms with van der Waals surface area (Å²) in [5.74, 6) is 3.71. The molecule has 2 fully saturated rings. The second-order valence-electron chi connectivity index (χ2n) is 5.14. The minimum Gasteiger partial charge on any atom is -0.310 e. The van der Waals surface area contributed by atoms with Crippen molar-refractivity contribution in [3.63, 3.8) is 0 Å². The van der Waals surface area contributed by atoms with Gasteiger partial charge in [0.25, 0.3) is 0 Å². The van der Waals surface area contributed by atoms with E-state index in [1.807, 2.05) is 0 Å². The van der Waals surface area contributed by atoms with Crippen LogP contribution < -0.4 is 5.32 Å². The summed E-state index contributed by atoms with van der Waals surface area (Å²) in [6.45, 7) is 2.36. The van der Waals surface area contributed by atoms with Crippen LogP contribution in [-0.2, 0) is 0 Å². The first-order valence-electron chi connectivity index (χ1n) is 6.74. The van der Waals surface area contributed by atoms with E-state index in [-0.39, 0.29) is 0 Å². The Balaban J connectivity index is 1.79. The molecular weight excluding hydrogens is 202 g/mol.